The zero-order valence-electron chi connectivity index (χ0n) is 18.7. The zero-order chi connectivity index (χ0) is 20.6. The van der Waals surface area contributed by atoms with Crippen LogP contribution in [0.5, 0.6) is 0 Å². The second-order valence-electron chi connectivity index (χ2n) is 7.93. The first-order valence-corrected chi connectivity index (χ1v) is 10.8. The van der Waals surface area contributed by atoms with E-state index in [1.54, 1.807) is 0 Å². The number of nitrogens with one attached hydrogen (secondary N) is 2. The normalized spacial score (nSPS) is 15.7. The fraction of sp³-hybridized carbons (Fsp3) is 0.565. The summed E-state index contributed by atoms with van der Waals surface area (Å²) < 4.78 is 5.25. The number of piperidine rings is 1. The number of halogens is 1. The molecule has 0 unspecified atom stereocenters. The van der Waals surface area contributed by atoms with E-state index in [9.17, 15) is 0 Å². The standard InChI is InChI=1S/C23H35N5O.HI/c1-5-24-23(25-13-10-22-18(3)27-29-19(22)4)26-21-11-14-28(15-12-21)16-20-9-7-6-8-17(20)2;/h6-9,21H,5,10-16H2,1-4H3,(H2,24,25,26);1H. The zero-order valence-corrected chi connectivity index (χ0v) is 21.0. The lowest BCUT2D eigenvalue weighted by Crippen LogP contribution is -2.48. The minimum atomic E-state index is 0. The van der Waals surface area contributed by atoms with Crippen LogP contribution in [0.3, 0.4) is 0 Å². The first kappa shape index (κ1) is 24.7. The van der Waals surface area contributed by atoms with Crippen LogP contribution in [0.1, 0.15) is 47.9 Å². The maximum absolute atomic E-state index is 5.25. The average molecular weight is 525 g/mol. The van der Waals surface area contributed by atoms with Crippen LogP contribution in [0.2, 0.25) is 0 Å². The van der Waals surface area contributed by atoms with E-state index >= 15 is 0 Å². The van der Waals surface area contributed by atoms with Crippen LogP contribution in [-0.4, -0.2) is 48.2 Å². The highest BCUT2D eigenvalue weighted by atomic mass is 127. The average Bonchev–Trinajstić information content (AvgIpc) is 3.03. The first-order valence-electron chi connectivity index (χ1n) is 10.8. The number of aliphatic imine (C=N–C) groups is 1. The van der Waals surface area contributed by atoms with Gasteiger partial charge in [0, 0.05) is 44.3 Å². The number of aromatic nitrogens is 1. The summed E-state index contributed by atoms with van der Waals surface area (Å²) in [5, 5.41) is 11.0. The molecule has 7 heteroatoms. The molecule has 1 saturated heterocycles. The van der Waals surface area contributed by atoms with Gasteiger partial charge in [-0.3, -0.25) is 9.89 Å². The first-order chi connectivity index (χ1) is 14.1. The predicted molar refractivity (Wildman–Crippen MR) is 134 cm³/mol. The number of likely N-dealkylation sites (tertiary alicyclic amines) is 1. The molecule has 2 N–H and O–H groups in total. The summed E-state index contributed by atoms with van der Waals surface area (Å²) in [5.41, 5.74) is 4.96. The highest BCUT2D eigenvalue weighted by Crippen LogP contribution is 2.16. The Balaban J connectivity index is 0.00000320. The van der Waals surface area contributed by atoms with E-state index in [-0.39, 0.29) is 24.0 Å². The van der Waals surface area contributed by atoms with E-state index < -0.39 is 0 Å². The molecule has 166 valence electrons. The van der Waals surface area contributed by atoms with Crippen molar-refractivity contribution in [1.82, 2.24) is 20.7 Å². The van der Waals surface area contributed by atoms with Gasteiger partial charge in [0.15, 0.2) is 5.96 Å². The Kier molecular flexibility index (Phi) is 10.1. The second-order valence-corrected chi connectivity index (χ2v) is 7.93. The minimum Gasteiger partial charge on any atom is -0.361 e. The van der Waals surface area contributed by atoms with Gasteiger partial charge in [-0.05, 0) is 58.1 Å². The van der Waals surface area contributed by atoms with E-state index in [2.05, 4.69) is 58.8 Å². The van der Waals surface area contributed by atoms with Gasteiger partial charge in [0.25, 0.3) is 0 Å². The van der Waals surface area contributed by atoms with Crippen molar-refractivity contribution in [1.29, 1.82) is 0 Å². The van der Waals surface area contributed by atoms with Crippen LogP contribution >= 0.6 is 24.0 Å². The van der Waals surface area contributed by atoms with E-state index in [1.165, 1.54) is 16.7 Å². The van der Waals surface area contributed by atoms with Gasteiger partial charge in [0.1, 0.15) is 5.76 Å². The SMILES string of the molecule is CCNC(=NCCc1c(C)noc1C)NC1CCN(Cc2ccccc2C)CC1.I. The van der Waals surface area contributed by atoms with E-state index in [1.807, 2.05) is 13.8 Å². The molecule has 2 heterocycles. The van der Waals surface area contributed by atoms with Gasteiger partial charge < -0.3 is 15.2 Å². The van der Waals surface area contributed by atoms with Crippen molar-refractivity contribution < 1.29 is 4.52 Å². The van der Waals surface area contributed by atoms with E-state index in [0.29, 0.717) is 6.04 Å². The van der Waals surface area contributed by atoms with Crippen molar-refractivity contribution >= 4 is 29.9 Å². The molecule has 6 nitrogen and oxygen atoms in total. The molecule has 0 bridgehead atoms. The number of nitrogens with zero attached hydrogens (tertiary/aromatic N) is 3. The predicted octanol–water partition coefficient (Wildman–Crippen LogP) is 3.98. The lowest BCUT2D eigenvalue weighted by atomic mass is 10.0. The number of aryl methyl sites for hydroxylation is 3. The van der Waals surface area contributed by atoms with Gasteiger partial charge in [0.05, 0.1) is 5.69 Å². The second kappa shape index (κ2) is 12.3. The lowest BCUT2D eigenvalue weighted by molar-refractivity contribution is 0.198. The number of hydrogen-bond donors (Lipinski definition) is 2. The number of guanidine groups is 1. The largest absolute Gasteiger partial charge is 0.361 e. The molecule has 1 fully saturated rings. The Morgan fingerprint density at radius 2 is 1.93 bits per heavy atom. The van der Waals surface area contributed by atoms with Crippen LogP contribution < -0.4 is 10.6 Å². The van der Waals surface area contributed by atoms with Gasteiger partial charge >= 0.3 is 0 Å². The molecule has 1 aliphatic heterocycles. The van der Waals surface area contributed by atoms with Crippen molar-refractivity contribution in [2.24, 2.45) is 4.99 Å². The molecule has 30 heavy (non-hydrogen) atoms. The van der Waals surface area contributed by atoms with Crippen molar-refractivity contribution in [3.05, 3.63) is 52.4 Å². The Hall–Kier alpha value is -1.61. The van der Waals surface area contributed by atoms with Crippen molar-refractivity contribution in [2.75, 3.05) is 26.2 Å². The Morgan fingerprint density at radius 1 is 1.20 bits per heavy atom. The Labute approximate surface area is 197 Å². The van der Waals surface area contributed by atoms with E-state index in [4.69, 9.17) is 9.52 Å². The maximum Gasteiger partial charge on any atom is 0.191 e. The molecular weight excluding hydrogens is 489 g/mol. The molecule has 2 aromatic rings. The fourth-order valence-corrected chi connectivity index (χ4v) is 3.92. The van der Waals surface area contributed by atoms with Crippen molar-refractivity contribution in [3.63, 3.8) is 0 Å². The summed E-state index contributed by atoms with van der Waals surface area (Å²) in [7, 11) is 0. The van der Waals surface area contributed by atoms with Gasteiger partial charge in [-0.1, -0.05) is 29.4 Å². The molecule has 1 aliphatic rings. The highest BCUT2D eigenvalue weighted by Gasteiger charge is 2.20. The van der Waals surface area contributed by atoms with Gasteiger partial charge in [0.2, 0.25) is 0 Å². The molecular formula is C23H36IN5O. The topological polar surface area (TPSA) is 65.7 Å². The molecule has 0 atom stereocenters. The fourth-order valence-electron chi connectivity index (χ4n) is 3.92. The van der Waals surface area contributed by atoms with Crippen LogP contribution in [0.25, 0.3) is 0 Å². The monoisotopic (exact) mass is 525 g/mol. The van der Waals surface area contributed by atoms with Crippen LogP contribution in [-0.2, 0) is 13.0 Å². The number of hydrogen-bond acceptors (Lipinski definition) is 4. The van der Waals surface area contributed by atoms with Crippen LogP contribution in [0.4, 0.5) is 0 Å². The van der Waals surface area contributed by atoms with Gasteiger partial charge in [-0.15, -0.1) is 24.0 Å². The third-order valence-electron chi connectivity index (χ3n) is 5.74. The third-order valence-corrected chi connectivity index (χ3v) is 5.74. The molecule has 1 aromatic carbocycles. The van der Waals surface area contributed by atoms with Gasteiger partial charge in [-0.25, -0.2) is 0 Å². The smallest absolute Gasteiger partial charge is 0.191 e. The van der Waals surface area contributed by atoms with Gasteiger partial charge in [-0.2, -0.15) is 0 Å². The molecule has 1 aromatic heterocycles. The van der Waals surface area contributed by atoms with Crippen LogP contribution in [0, 0.1) is 20.8 Å². The molecule has 0 radical (unpaired) electrons. The van der Waals surface area contributed by atoms with Crippen molar-refractivity contribution in [2.45, 2.75) is 59.5 Å². The molecule has 0 spiro atoms. The lowest BCUT2D eigenvalue weighted by Gasteiger charge is -2.33. The Bertz CT molecular complexity index is 792. The minimum absolute atomic E-state index is 0. The molecule has 0 saturated carbocycles. The van der Waals surface area contributed by atoms with E-state index in [0.717, 1.165) is 69.4 Å². The van der Waals surface area contributed by atoms with Crippen molar-refractivity contribution in [3.8, 4) is 0 Å². The summed E-state index contributed by atoms with van der Waals surface area (Å²) in [6, 6.07) is 9.17. The third kappa shape index (κ3) is 6.97. The summed E-state index contributed by atoms with van der Waals surface area (Å²) in [5.74, 6) is 1.81. The summed E-state index contributed by atoms with van der Waals surface area (Å²) in [6.45, 7) is 13.1. The molecule has 0 aliphatic carbocycles. The summed E-state index contributed by atoms with van der Waals surface area (Å²) >= 11 is 0. The quantitative estimate of drug-likeness (QED) is 0.325. The molecule has 0 amide bonds. The highest BCUT2D eigenvalue weighted by molar-refractivity contribution is 14.0. The van der Waals surface area contributed by atoms with Crippen LogP contribution in [0.15, 0.2) is 33.8 Å². The number of rotatable bonds is 7. The summed E-state index contributed by atoms with van der Waals surface area (Å²) in [4.78, 5) is 7.33. The Morgan fingerprint density at radius 3 is 2.57 bits per heavy atom. The maximum atomic E-state index is 5.25. The number of benzene rings is 1. The summed E-state index contributed by atoms with van der Waals surface area (Å²) in [6.07, 6.45) is 3.13. The molecule has 3 rings (SSSR count).